The molecule has 1 atom stereocenters. The third-order valence-corrected chi connectivity index (χ3v) is 3.71. The highest BCUT2D eigenvalue weighted by Crippen LogP contribution is 2.20. The molecule has 2 nitrogen and oxygen atoms in total. The topological polar surface area (TPSA) is 24.9 Å². The summed E-state index contributed by atoms with van der Waals surface area (Å²) >= 11 is 0. The van der Waals surface area contributed by atoms with Crippen LogP contribution < -0.4 is 5.32 Å². The summed E-state index contributed by atoms with van der Waals surface area (Å²) in [6.45, 7) is 3.07. The molecule has 2 heteroatoms. The fourth-order valence-corrected chi connectivity index (χ4v) is 2.65. The zero-order valence-corrected chi connectivity index (χ0v) is 12.3. The highest BCUT2D eigenvalue weighted by molar-refractivity contribution is 5.78. The minimum atomic E-state index is 0.252. The van der Waals surface area contributed by atoms with Crippen molar-refractivity contribution < 1.29 is 0 Å². The summed E-state index contributed by atoms with van der Waals surface area (Å²) < 4.78 is 0. The van der Waals surface area contributed by atoms with Gasteiger partial charge in [0.1, 0.15) is 0 Å². The van der Waals surface area contributed by atoms with Gasteiger partial charge >= 0.3 is 0 Å². The Kier molecular flexibility index (Phi) is 4.27. The Morgan fingerprint density at radius 2 is 1.67 bits per heavy atom. The number of fused-ring (bicyclic) bond motifs is 1. The number of nitrogens with zero attached hydrogens (tertiary/aromatic N) is 1. The molecule has 0 saturated carbocycles. The minimum Gasteiger partial charge on any atom is -0.309 e. The highest BCUT2D eigenvalue weighted by atomic mass is 14.9. The zero-order valence-electron chi connectivity index (χ0n) is 12.3. The van der Waals surface area contributed by atoms with E-state index in [-0.39, 0.29) is 6.04 Å². The van der Waals surface area contributed by atoms with Crippen LogP contribution in [0.3, 0.4) is 0 Å². The van der Waals surface area contributed by atoms with Crippen molar-refractivity contribution in [3.63, 3.8) is 0 Å². The zero-order chi connectivity index (χ0) is 14.5. The summed E-state index contributed by atoms with van der Waals surface area (Å²) in [5, 5.41) is 4.74. The quantitative estimate of drug-likeness (QED) is 0.758. The van der Waals surface area contributed by atoms with Crippen LogP contribution in [0.15, 0.2) is 66.7 Å². The number of hydrogen-bond donors (Lipinski definition) is 1. The highest BCUT2D eigenvalue weighted by Gasteiger charge is 2.13. The standard InChI is InChI=1S/C19H20N2/c1-2-20-19(14-15-8-4-3-5-9-15)18-13-12-16-10-6-7-11-17(16)21-18/h3-13,19-20H,2,14H2,1H3. The van der Waals surface area contributed by atoms with Crippen LogP contribution in [-0.4, -0.2) is 11.5 Å². The van der Waals surface area contributed by atoms with Gasteiger partial charge in [-0.25, -0.2) is 0 Å². The lowest BCUT2D eigenvalue weighted by Crippen LogP contribution is -2.23. The van der Waals surface area contributed by atoms with Crippen LogP contribution >= 0.6 is 0 Å². The number of benzene rings is 2. The van der Waals surface area contributed by atoms with E-state index in [9.17, 15) is 0 Å². The molecule has 1 heterocycles. The Hall–Kier alpha value is -2.19. The number of pyridine rings is 1. The first kappa shape index (κ1) is 13.8. The van der Waals surface area contributed by atoms with Gasteiger partial charge in [-0.05, 0) is 30.7 Å². The number of para-hydroxylation sites is 1. The number of nitrogens with one attached hydrogen (secondary N) is 1. The van der Waals surface area contributed by atoms with E-state index in [1.165, 1.54) is 10.9 Å². The summed E-state index contributed by atoms with van der Waals surface area (Å²) in [4.78, 5) is 4.83. The summed E-state index contributed by atoms with van der Waals surface area (Å²) in [5.74, 6) is 0. The van der Waals surface area contributed by atoms with Crippen LogP contribution in [0, 0.1) is 0 Å². The van der Waals surface area contributed by atoms with Gasteiger partial charge in [0, 0.05) is 5.39 Å². The molecule has 0 radical (unpaired) electrons. The van der Waals surface area contributed by atoms with Gasteiger partial charge < -0.3 is 5.32 Å². The largest absolute Gasteiger partial charge is 0.309 e. The Morgan fingerprint density at radius 3 is 2.48 bits per heavy atom. The molecule has 0 aliphatic rings. The molecular formula is C19H20N2. The smallest absolute Gasteiger partial charge is 0.0706 e. The van der Waals surface area contributed by atoms with Gasteiger partial charge in [-0.2, -0.15) is 0 Å². The van der Waals surface area contributed by atoms with E-state index < -0.39 is 0 Å². The Morgan fingerprint density at radius 1 is 0.905 bits per heavy atom. The van der Waals surface area contributed by atoms with Gasteiger partial charge in [0.2, 0.25) is 0 Å². The number of likely N-dealkylation sites (N-methyl/N-ethyl adjacent to an activating group) is 1. The van der Waals surface area contributed by atoms with Crippen LogP contribution in [0.1, 0.15) is 24.2 Å². The Labute approximate surface area is 125 Å². The van der Waals surface area contributed by atoms with Crippen molar-refractivity contribution in [3.05, 3.63) is 78.0 Å². The molecule has 0 bridgehead atoms. The predicted octanol–water partition coefficient (Wildman–Crippen LogP) is 4.13. The van der Waals surface area contributed by atoms with E-state index in [1.807, 2.05) is 6.07 Å². The Bertz CT molecular complexity index is 707. The molecule has 3 rings (SSSR count). The number of rotatable bonds is 5. The lowest BCUT2D eigenvalue weighted by Gasteiger charge is -2.18. The number of hydrogen-bond acceptors (Lipinski definition) is 2. The first-order valence-corrected chi connectivity index (χ1v) is 7.50. The molecule has 0 spiro atoms. The second kappa shape index (κ2) is 6.51. The third-order valence-electron chi connectivity index (χ3n) is 3.71. The molecule has 106 valence electrons. The maximum absolute atomic E-state index is 4.83. The first-order valence-electron chi connectivity index (χ1n) is 7.50. The molecule has 0 aliphatic carbocycles. The Balaban J connectivity index is 1.91. The molecule has 0 amide bonds. The van der Waals surface area contributed by atoms with Gasteiger partial charge in [-0.3, -0.25) is 4.98 Å². The first-order chi connectivity index (χ1) is 10.4. The van der Waals surface area contributed by atoms with Crippen molar-refractivity contribution in [2.45, 2.75) is 19.4 Å². The van der Waals surface area contributed by atoms with Crippen molar-refractivity contribution in [1.82, 2.24) is 10.3 Å². The van der Waals surface area contributed by atoms with E-state index in [0.29, 0.717) is 0 Å². The summed E-state index contributed by atoms with van der Waals surface area (Å²) in [7, 11) is 0. The van der Waals surface area contributed by atoms with E-state index in [1.54, 1.807) is 0 Å². The van der Waals surface area contributed by atoms with Crippen LogP contribution in [0.4, 0.5) is 0 Å². The van der Waals surface area contributed by atoms with Gasteiger partial charge in [0.15, 0.2) is 0 Å². The van der Waals surface area contributed by atoms with Gasteiger partial charge in [-0.15, -0.1) is 0 Å². The molecule has 0 fully saturated rings. The lowest BCUT2D eigenvalue weighted by atomic mass is 10.0. The van der Waals surface area contributed by atoms with E-state index in [4.69, 9.17) is 4.98 Å². The molecule has 0 aliphatic heterocycles. The third kappa shape index (κ3) is 3.29. The van der Waals surface area contributed by atoms with Gasteiger partial charge in [0.05, 0.1) is 17.3 Å². The normalized spacial score (nSPS) is 12.4. The summed E-state index contributed by atoms with van der Waals surface area (Å²) in [6, 6.07) is 23.4. The number of aromatic nitrogens is 1. The monoisotopic (exact) mass is 276 g/mol. The van der Waals surface area contributed by atoms with Crippen molar-refractivity contribution in [2.24, 2.45) is 0 Å². The van der Waals surface area contributed by atoms with Gasteiger partial charge in [0.25, 0.3) is 0 Å². The van der Waals surface area contributed by atoms with E-state index >= 15 is 0 Å². The molecule has 21 heavy (non-hydrogen) atoms. The molecular weight excluding hydrogens is 256 g/mol. The fraction of sp³-hybridized carbons (Fsp3) is 0.211. The SMILES string of the molecule is CCNC(Cc1ccccc1)c1ccc2ccccc2n1. The van der Waals surface area contributed by atoms with Crippen molar-refractivity contribution in [1.29, 1.82) is 0 Å². The molecule has 1 aromatic heterocycles. The van der Waals surface area contributed by atoms with E-state index in [0.717, 1.165) is 24.2 Å². The second-order valence-electron chi connectivity index (χ2n) is 5.23. The maximum atomic E-state index is 4.83. The maximum Gasteiger partial charge on any atom is 0.0706 e. The molecule has 1 unspecified atom stereocenters. The van der Waals surface area contributed by atoms with E-state index in [2.05, 4.69) is 72.9 Å². The predicted molar refractivity (Wildman–Crippen MR) is 88.3 cm³/mol. The summed E-state index contributed by atoms with van der Waals surface area (Å²) in [5.41, 5.74) is 3.50. The van der Waals surface area contributed by atoms with Crippen LogP contribution in [0.2, 0.25) is 0 Å². The van der Waals surface area contributed by atoms with Crippen molar-refractivity contribution >= 4 is 10.9 Å². The average molecular weight is 276 g/mol. The average Bonchev–Trinajstić information content (AvgIpc) is 2.55. The fourth-order valence-electron chi connectivity index (χ4n) is 2.65. The second-order valence-corrected chi connectivity index (χ2v) is 5.23. The minimum absolute atomic E-state index is 0.252. The van der Waals surface area contributed by atoms with Crippen LogP contribution in [-0.2, 0) is 6.42 Å². The van der Waals surface area contributed by atoms with Crippen LogP contribution in [0.5, 0.6) is 0 Å². The van der Waals surface area contributed by atoms with Crippen LogP contribution in [0.25, 0.3) is 10.9 Å². The molecule has 0 saturated heterocycles. The lowest BCUT2D eigenvalue weighted by molar-refractivity contribution is 0.538. The van der Waals surface area contributed by atoms with Gasteiger partial charge in [-0.1, -0.05) is 61.5 Å². The van der Waals surface area contributed by atoms with Crippen molar-refractivity contribution in [3.8, 4) is 0 Å². The van der Waals surface area contributed by atoms with Crippen molar-refractivity contribution in [2.75, 3.05) is 6.54 Å². The molecule has 3 aromatic rings. The summed E-state index contributed by atoms with van der Waals surface area (Å²) in [6.07, 6.45) is 0.958. The molecule has 2 aromatic carbocycles. The molecule has 1 N–H and O–H groups in total.